The van der Waals surface area contributed by atoms with Gasteiger partial charge in [0.2, 0.25) is 0 Å². The predicted octanol–water partition coefficient (Wildman–Crippen LogP) is 3.61. The predicted molar refractivity (Wildman–Crippen MR) is 111 cm³/mol. The molecule has 1 saturated heterocycles. The fourth-order valence-electron chi connectivity index (χ4n) is 3.38. The molecule has 0 radical (unpaired) electrons. The molecule has 144 valence electrons. The molecule has 1 aliphatic rings. The van der Waals surface area contributed by atoms with Gasteiger partial charge in [-0.25, -0.2) is 0 Å². The molecule has 3 aromatic rings. The Hall–Kier alpha value is -2.63. The molecule has 28 heavy (non-hydrogen) atoms. The van der Waals surface area contributed by atoms with E-state index in [9.17, 15) is 4.79 Å². The third-order valence-electron chi connectivity index (χ3n) is 4.98. The summed E-state index contributed by atoms with van der Waals surface area (Å²) in [6.45, 7) is 4.09. The molecular weight excluding hydrogens is 374 g/mol. The third kappa shape index (κ3) is 4.61. The lowest BCUT2D eigenvalue weighted by molar-refractivity contribution is -0.135. The zero-order valence-electron chi connectivity index (χ0n) is 15.6. The molecule has 2 aromatic carbocycles. The number of rotatable bonds is 5. The lowest BCUT2D eigenvalue weighted by Crippen LogP contribution is -2.49. The van der Waals surface area contributed by atoms with E-state index in [1.54, 1.807) is 6.20 Å². The zero-order chi connectivity index (χ0) is 19.3. The number of carbonyl (C=O) groups excluding carboxylic acids is 1. The zero-order valence-corrected chi connectivity index (χ0v) is 16.3. The van der Waals surface area contributed by atoms with Crippen molar-refractivity contribution in [2.45, 2.75) is 6.54 Å². The summed E-state index contributed by atoms with van der Waals surface area (Å²) in [4.78, 5) is 21.0. The molecule has 2 heterocycles. The van der Waals surface area contributed by atoms with Crippen LogP contribution in [0.15, 0.2) is 60.8 Å². The first-order valence-corrected chi connectivity index (χ1v) is 9.77. The minimum absolute atomic E-state index is 0.0254. The quantitative estimate of drug-likeness (QED) is 0.662. The fourth-order valence-corrected chi connectivity index (χ4v) is 3.51. The van der Waals surface area contributed by atoms with Crippen LogP contribution in [0.3, 0.4) is 0 Å². The molecular formula is C22H22ClN3O2. The Balaban J connectivity index is 1.26. The van der Waals surface area contributed by atoms with Gasteiger partial charge >= 0.3 is 0 Å². The summed E-state index contributed by atoms with van der Waals surface area (Å²) >= 11 is 5.94. The highest BCUT2D eigenvalue weighted by molar-refractivity contribution is 6.30. The first-order chi connectivity index (χ1) is 13.7. The Morgan fingerprint density at radius 1 is 1.04 bits per heavy atom. The van der Waals surface area contributed by atoms with Crippen molar-refractivity contribution in [3.63, 3.8) is 0 Å². The first-order valence-electron chi connectivity index (χ1n) is 9.39. The first kappa shape index (κ1) is 18.7. The second kappa shape index (κ2) is 8.59. The average Bonchev–Trinajstić information content (AvgIpc) is 2.74. The number of aromatic nitrogens is 1. The van der Waals surface area contributed by atoms with Gasteiger partial charge in [0, 0.05) is 49.3 Å². The Morgan fingerprint density at radius 3 is 2.61 bits per heavy atom. The standard InChI is InChI=1S/C22H22ClN3O2/c23-19-5-3-17(4-6-19)15-25-10-12-26(13-11-25)22(27)16-28-20-7-8-21-18(14-20)2-1-9-24-21/h1-9,14H,10-13,15-16H2. The molecule has 0 spiro atoms. The van der Waals surface area contributed by atoms with Crippen molar-refractivity contribution in [3.8, 4) is 5.75 Å². The molecule has 1 aromatic heterocycles. The number of hydrogen-bond donors (Lipinski definition) is 0. The maximum Gasteiger partial charge on any atom is 0.260 e. The molecule has 1 aliphatic heterocycles. The summed E-state index contributed by atoms with van der Waals surface area (Å²) in [5, 5.41) is 1.75. The van der Waals surface area contributed by atoms with Crippen molar-refractivity contribution < 1.29 is 9.53 Å². The Kier molecular flexibility index (Phi) is 5.74. The van der Waals surface area contributed by atoms with Crippen LogP contribution in [0.1, 0.15) is 5.56 Å². The molecule has 5 nitrogen and oxygen atoms in total. The third-order valence-corrected chi connectivity index (χ3v) is 5.23. The number of pyridine rings is 1. The molecule has 0 bridgehead atoms. The van der Waals surface area contributed by atoms with Crippen molar-refractivity contribution in [2.24, 2.45) is 0 Å². The van der Waals surface area contributed by atoms with Crippen LogP contribution in [-0.2, 0) is 11.3 Å². The number of halogens is 1. The number of nitrogens with zero attached hydrogens (tertiary/aromatic N) is 3. The van der Waals surface area contributed by atoms with E-state index in [2.05, 4.69) is 9.88 Å². The highest BCUT2D eigenvalue weighted by Crippen LogP contribution is 2.19. The van der Waals surface area contributed by atoms with Gasteiger partial charge in [-0.2, -0.15) is 0 Å². The Morgan fingerprint density at radius 2 is 1.82 bits per heavy atom. The second-order valence-electron chi connectivity index (χ2n) is 6.93. The highest BCUT2D eigenvalue weighted by Gasteiger charge is 2.21. The van der Waals surface area contributed by atoms with E-state index in [1.165, 1.54) is 5.56 Å². The van der Waals surface area contributed by atoms with Crippen LogP contribution in [0.5, 0.6) is 5.75 Å². The van der Waals surface area contributed by atoms with E-state index in [1.807, 2.05) is 59.5 Å². The van der Waals surface area contributed by atoms with E-state index >= 15 is 0 Å². The van der Waals surface area contributed by atoms with E-state index in [0.29, 0.717) is 5.75 Å². The smallest absolute Gasteiger partial charge is 0.260 e. The topological polar surface area (TPSA) is 45.7 Å². The average molecular weight is 396 g/mol. The van der Waals surface area contributed by atoms with Crippen molar-refractivity contribution in [2.75, 3.05) is 32.8 Å². The summed E-state index contributed by atoms with van der Waals surface area (Å²) in [7, 11) is 0. The highest BCUT2D eigenvalue weighted by atomic mass is 35.5. The van der Waals surface area contributed by atoms with E-state index < -0.39 is 0 Å². The molecule has 0 saturated carbocycles. The number of amides is 1. The van der Waals surface area contributed by atoms with Gasteiger partial charge in [-0.05, 0) is 42.0 Å². The molecule has 0 N–H and O–H groups in total. The molecule has 6 heteroatoms. The summed E-state index contributed by atoms with van der Waals surface area (Å²) in [5.74, 6) is 0.715. The summed E-state index contributed by atoms with van der Waals surface area (Å²) in [6, 6.07) is 17.5. The number of carbonyl (C=O) groups is 1. The van der Waals surface area contributed by atoms with Gasteiger partial charge in [-0.15, -0.1) is 0 Å². The van der Waals surface area contributed by atoms with Gasteiger partial charge in [-0.3, -0.25) is 14.7 Å². The van der Waals surface area contributed by atoms with Gasteiger partial charge in [-0.1, -0.05) is 29.8 Å². The summed E-state index contributed by atoms with van der Waals surface area (Å²) in [6.07, 6.45) is 1.76. The molecule has 0 atom stereocenters. The van der Waals surface area contributed by atoms with Gasteiger partial charge in [0.05, 0.1) is 5.52 Å². The normalized spacial score (nSPS) is 15.0. The van der Waals surface area contributed by atoms with Crippen LogP contribution in [-0.4, -0.2) is 53.5 Å². The van der Waals surface area contributed by atoms with Gasteiger partial charge in [0.25, 0.3) is 5.91 Å². The number of ether oxygens (including phenoxy) is 1. The van der Waals surface area contributed by atoms with Crippen LogP contribution in [0.25, 0.3) is 10.9 Å². The van der Waals surface area contributed by atoms with Gasteiger partial charge in [0.15, 0.2) is 6.61 Å². The molecule has 0 aliphatic carbocycles. The van der Waals surface area contributed by atoms with E-state index in [-0.39, 0.29) is 12.5 Å². The largest absolute Gasteiger partial charge is 0.484 e. The molecule has 0 unspecified atom stereocenters. The lowest BCUT2D eigenvalue weighted by atomic mass is 10.2. The maximum absolute atomic E-state index is 12.5. The summed E-state index contributed by atoms with van der Waals surface area (Å²) < 4.78 is 5.72. The number of hydrogen-bond acceptors (Lipinski definition) is 4. The minimum atomic E-state index is 0.0254. The lowest BCUT2D eigenvalue weighted by Gasteiger charge is -2.34. The van der Waals surface area contributed by atoms with Crippen LogP contribution >= 0.6 is 11.6 Å². The number of benzene rings is 2. The minimum Gasteiger partial charge on any atom is -0.484 e. The van der Waals surface area contributed by atoms with Crippen molar-refractivity contribution in [1.29, 1.82) is 0 Å². The second-order valence-corrected chi connectivity index (χ2v) is 7.37. The molecule has 4 rings (SSSR count). The van der Waals surface area contributed by atoms with Crippen LogP contribution in [0, 0.1) is 0 Å². The van der Waals surface area contributed by atoms with Gasteiger partial charge < -0.3 is 9.64 Å². The Bertz CT molecular complexity index is 953. The number of piperazine rings is 1. The maximum atomic E-state index is 12.5. The SMILES string of the molecule is O=C(COc1ccc2ncccc2c1)N1CCN(Cc2ccc(Cl)cc2)CC1. The Labute approximate surface area is 169 Å². The van der Waals surface area contributed by atoms with E-state index in [4.69, 9.17) is 16.3 Å². The summed E-state index contributed by atoms with van der Waals surface area (Å²) in [5.41, 5.74) is 2.15. The van der Waals surface area contributed by atoms with Gasteiger partial charge in [0.1, 0.15) is 5.75 Å². The molecule has 1 fully saturated rings. The fraction of sp³-hybridized carbons (Fsp3) is 0.273. The monoisotopic (exact) mass is 395 g/mol. The van der Waals surface area contributed by atoms with Crippen molar-refractivity contribution >= 4 is 28.4 Å². The van der Waals surface area contributed by atoms with Crippen LogP contribution in [0.2, 0.25) is 5.02 Å². The van der Waals surface area contributed by atoms with E-state index in [0.717, 1.165) is 48.6 Å². The van der Waals surface area contributed by atoms with Crippen molar-refractivity contribution in [3.05, 3.63) is 71.4 Å². The molecule has 1 amide bonds. The van der Waals surface area contributed by atoms with Crippen LogP contribution < -0.4 is 4.74 Å². The van der Waals surface area contributed by atoms with Crippen molar-refractivity contribution in [1.82, 2.24) is 14.8 Å². The number of fused-ring (bicyclic) bond motifs is 1. The van der Waals surface area contributed by atoms with Crippen LogP contribution in [0.4, 0.5) is 0 Å².